The van der Waals surface area contributed by atoms with Crippen molar-refractivity contribution in [1.82, 2.24) is 9.97 Å². The maximum Gasteiger partial charge on any atom is 0.204 e. The third kappa shape index (κ3) is 3.75. The van der Waals surface area contributed by atoms with Crippen molar-refractivity contribution in [1.29, 1.82) is 0 Å². The van der Waals surface area contributed by atoms with E-state index in [9.17, 15) is 5.11 Å². The summed E-state index contributed by atoms with van der Waals surface area (Å²) < 4.78 is 5.55. The number of rotatable bonds is 8. The van der Waals surface area contributed by atoms with E-state index in [1.165, 1.54) is 12.8 Å². The number of aromatic nitrogens is 2. The van der Waals surface area contributed by atoms with Crippen molar-refractivity contribution in [2.24, 2.45) is 0 Å². The van der Waals surface area contributed by atoms with Crippen LogP contribution in [0.15, 0.2) is 6.33 Å². The Bertz CT molecular complexity index is 436. The number of anilines is 2. The molecule has 1 saturated carbocycles. The van der Waals surface area contributed by atoms with Crippen LogP contribution in [0.2, 0.25) is 0 Å². The lowest BCUT2D eigenvalue weighted by Crippen LogP contribution is -2.36. The average molecular weight is 294 g/mol. The van der Waals surface area contributed by atoms with Gasteiger partial charge in [-0.3, -0.25) is 0 Å². The molecule has 1 aromatic heterocycles. The Morgan fingerprint density at radius 3 is 2.76 bits per heavy atom. The van der Waals surface area contributed by atoms with Gasteiger partial charge in [0.15, 0.2) is 11.6 Å². The van der Waals surface area contributed by atoms with Crippen molar-refractivity contribution >= 4 is 11.6 Å². The zero-order valence-electron chi connectivity index (χ0n) is 13.0. The molecule has 6 nitrogen and oxygen atoms in total. The first-order valence-electron chi connectivity index (χ1n) is 7.82. The van der Waals surface area contributed by atoms with Crippen LogP contribution in [-0.2, 0) is 0 Å². The Balaban J connectivity index is 2.29. The van der Waals surface area contributed by atoms with E-state index in [0.29, 0.717) is 18.3 Å². The van der Waals surface area contributed by atoms with Gasteiger partial charge in [0.25, 0.3) is 0 Å². The summed E-state index contributed by atoms with van der Waals surface area (Å²) in [6.07, 6.45) is 7.35. The first-order valence-corrected chi connectivity index (χ1v) is 7.82. The molecule has 1 fully saturated rings. The fraction of sp³-hybridized carbons (Fsp3) is 0.733. The molecule has 6 heteroatoms. The SMILES string of the molecule is CCCNc1ncnc(N(CCO)C2CCCC2)c1OC. The zero-order valence-corrected chi connectivity index (χ0v) is 13.0. The minimum Gasteiger partial charge on any atom is -0.490 e. The number of methoxy groups -OCH3 is 1. The summed E-state index contributed by atoms with van der Waals surface area (Å²) in [5, 5.41) is 12.7. The van der Waals surface area contributed by atoms with Crippen molar-refractivity contribution in [3.8, 4) is 5.75 Å². The molecule has 0 atom stereocenters. The summed E-state index contributed by atoms with van der Waals surface area (Å²) in [5.41, 5.74) is 0. The van der Waals surface area contributed by atoms with Crippen LogP contribution in [0, 0.1) is 0 Å². The summed E-state index contributed by atoms with van der Waals surface area (Å²) in [5.74, 6) is 2.18. The van der Waals surface area contributed by atoms with E-state index in [2.05, 4.69) is 27.1 Å². The van der Waals surface area contributed by atoms with Crippen LogP contribution in [0.25, 0.3) is 0 Å². The van der Waals surface area contributed by atoms with E-state index in [-0.39, 0.29) is 6.61 Å². The molecular weight excluding hydrogens is 268 g/mol. The smallest absolute Gasteiger partial charge is 0.204 e. The van der Waals surface area contributed by atoms with Crippen molar-refractivity contribution in [2.75, 3.05) is 37.0 Å². The van der Waals surface area contributed by atoms with Gasteiger partial charge in [-0.2, -0.15) is 0 Å². The van der Waals surface area contributed by atoms with E-state index >= 15 is 0 Å². The lowest BCUT2D eigenvalue weighted by Gasteiger charge is -2.30. The Labute approximate surface area is 126 Å². The molecule has 1 aliphatic rings. The van der Waals surface area contributed by atoms with Gasteiger partial charge in [-0.25, -0.2) is 9.97 Å². The number of hydrogen-bond acceptors (Lipinski definition) is 6. The zero-order chi connectivity index (χ0) is 15.1. The molecule has 0 aliphatic heterocycles. The second-order valence-corrected chi connectivity index (χ2v) is 5.36. The van der Waals surface area contributed by atoms with Crippen LogP contribution in [0.4, 0.5) is 11.6 Å². The highest BCUT2D eigenvalue weighted by molar-refractivity contribution is 5.65. The van der Waals surface area contributed by atoms with Gasteiger partial charge in [-0.05, 0) is 19.3 Å². The molecule has 21 heavy (non-hydrogen) atoms. The van der Waals surface area contributed by atoms with Gasteiger partial charge < -0.3 is 20.1 Å². The van der Waals surface area contributed by atoms with Crippen LogP contribution in [0.1, 0.15) is 39.0 Å². The highest BCUT2D eigenvalue weighted by atomic mass is 16.5. The summed E-state index contributed by atoms with van der Waals surface area (Å²) in [6.45, 7) is 3.64. The van der Waals surface area contributed by atoms with Crippen molar-refractivity contribution < 1.29 is 9.84 Å². The molecule has 2 rings (SSSR count). The summed E-state index contributed by atoms with van der Waals surface area (Å²) in [4.78, 5) is 10.9. The fourth-order valence-corrected chi connectivity index (χ4v) is 2.91. The largest absolute Gasteiger partial charge is 0.490 e. The molecular formula is C15H26N4O2. The lowest BCUT2D eigenvalue weighted by atomic mass is 10.2. The molecule has 118 valence electrons. The van der Waals surface area contributed by atoms with Gasteiger partial charge in [-0.15, -0.1) is 0 Å². The maximum absolute atomic E-state index is 9.39. The number of aliphatic hydroxyl groups excluding tert-OH is 1. The molecule has 0 amide bonds. The molecule has 1 aromatic rings. The maximum atomic E-state index is 9.39. The Morgan fingerprint density at radius 1 is 1.38 bits per heavy atom. The van der Waals surface area contributed by atoms with E-state index in [0.717, 1.165) is 37.4 Å². The van der Waals surface area contributed by atoms with Gasteiger partial charge in [0, 0.05) is 19.1 Å². The Hall–Kier alpha value is -1.56. The van der Waals surface area contributed by atoms with Crippen molar-refractivity contribution in [3.63, 3.8) is 0 Å². The number of hydrogen-bond donors (Lipinski definition) is 2. The van der Waals surface area contributed by atoms with E-state index < -0.39 is 0 Å². The molecule has 1 heterocycles. The topological polar surface area (TPSA) is 70.5 Å². The summed E-state index contributed by atoms with van der Waals surface area (Å²) in [7, 11) is 1.64. The molecule has 0 spiro atoms. The van der Waals surface area contributed by atoms with Gasteiger partial charge in [-0.1, -0.05) is 19.8 Å². The number of ether oxygens (including phenoxy) is 1. The first-order chi connectivity index (χ1) is 10.3. The van der Waals surface area contributed by atoms with Crippen LogP contribution in [0.3, 0.4) is 0 Å². The van der Waals surface area contributed by atoms with Crippen LogP contribution in [0.5, 0.6) is 5.75 Å². The lowest BCUT2D eigenvalue weighted by molar-refractivity contribution is 0.296. The summed E-state index contributed by atoms with van der Waals surface area (Å²) in [6, 6.07) is 0.431. The highest BCUT2D eigenvalue weighted by Crippen LogP contribution is 2.36. The molecule has 0 bridgehead atoms. The number of nitrogens with zero attached hydrogens (tertiary/aromatic N) is 3. The molecule has 0 radical (unpaired) electrons. The second-order valence-electron chi connectivity index (χ2n) is 5.36. The van der Waals surface area contributed by atoms with Gasteiger partial charge in [0.2, 0.25) is 5.75 Å². The third-order valence-electron chi connectivity index (χ3n) is 3.91. The standard InChI is InChI=1S/C15H26N4O2/c1-3-8-16-14-13(21-2)15(18-11-17-14)19(9-10-20)12-6-4-5-7-12/h11-12,20H,3-10H2,1-2H3,(H,16,17,18). The summed E-state index contributed by atoms with van der Waals surface area (Å²) >= 11 is 0. The van der Waals surface area contributed by atoms with Crippen LogP contribution >= 0.6 is 0 Å². The number of aliphatic hydroxyl groups is 1. The minimum atomic E-state index is 0.112. The highest BCUT2D eigenvalue weighted by Gasteiger charge is 2.27. The first kappa shape index (κ1) is 15.8. The molecule has 0 aromatic carbocycles. The predicted octanol–water partition coefficient (Wildman–Crippen LogP) is 2.05. The minimum absolute atomic E-state index is 0.112. The molecule has 2 N–H and O–H groups in total. The predicted molar refractivity (Wildman–Crippen MR) is 84.1 cm³/mol. The molecule has 1 aliphatic carbocycles. The van der Waals surface area contributed by atoms with Gasteiger partial charge >= 0.3 is 0 Å². The van der Waals surface area contributed by atoms with Crippen molar-refractivity contribution in [2.45, 2.75) is 45.1 Å². The van der Waals surface area contributed by atoms with Gasteiger partial charge in [0.1, 0.15) is 6.33 Å². The third-order valence-corrected chi connectivity index (χ3v) is 3.91. The quantitative estimate of drug-likeness (QED) is 0.764. The van der Waals surface area contributed by atoms with Crippen LogP contribution in [-0.4, -0.2) is 47.9 Å². The monoisotopic (exact) mass is 294 g/mol. The Kier molecular flexibility index (Phi) is 6.04. The molecule has 0 unspecified atom stereocenters. The van der Waals surface area contributed by atoms with E-state index in [1.807, 2.05) is 0 Å². The van der Waals surface area contributed by atoms with Crippen molar-refractivity contribution in [3.05, 3.63) is 6.33 Å². The van der Waals surface area contributed by atoms with E-state index in [1.54, 1.807) is 13.4 Å². The number of nitrogens with one attached hydrogen (secondary N) is 1. The van der Waals surface area contributed by atoms with Gasteiger partial charge in [0.05, 0.1) is 13.7 Å². The van der Waals surface area contributed by atoms with E-state index in [4.69, 9.17) is 4.74 Å². The Morgan fingerprint density at radius 2 is 2.14 bits per heavy atom. The fourth-order valence-electron chi connectivity index (χ4n) is 2.91. The van der Waals surface area contributed by atoms with Crippen LogP contribution < -0.4 is 15.0 Å². The molecule has 0 saturated heterocycles. The normalized spacial score (nSPS) is 15.2. The second kappa shape index (κ2) is 8.02. The average Bonchev–Trinajstić information content (AvgIpc) is 3.04.